The lowest BCUT2D eigenvalue weighted by molar-refractivity contribution is 0.102. The van der Waals surface area contributed by atoms with Crippen molar-refractivity contribution in [2.45, 2.75) is 0 Å². The Morgan fingerprint density at radius 3 is 2.61 bits per heavy atom. The van der Waals surface area contributed by atoms with Gasteiger partial charge in [-0.05, 0) is 28.1 Å². The van der Waals surface area contributed by atoms with E-state index in [1.54, 1.807) is 11.4 Å². The summed E-state index contributed by atoms with van der Waals surface area (Å²) in [4.78, 5) is 11.7. The molecule has 0 radical (unpaired) electrons. The number of hydrogen-bond acceptors (Lipinski definition) is 3. The van der Waals surface area contributed by atoms with Gasteiger partial charge in [0.15, 0.2) is 0 Å². The SMILES string of the molecule is Nc1cc(NC(=O)c2csc(Br)c2)c(F)cc1F. The van der Waals surface area contributed by atoms with Crippen molar-refractivity contribution >= 4 is 44.5 Å². The van der Waals surface area contributed by atoms with Crippen molar-refractivity contribution < 1.29 is 13.6 Å². The Hall–Kier alpha value is -1.47. The predicted molar refractivity (Wildman–Crippen MR) is 70.7 cm³/mol. The van der Waals surface area contributed by atoms with E-state index in [0.29, 0.717) is 11.6 Å². The highest BCUT2D eigenvalue weighted by atomic mass is 79.9. The van der Waals surface area contributed by atoms with E-state index >= 15 is 0 Å². The summed E-state index contributed by atoms with van der Waals surface area (Å²) in [7, 11) is 0. The maximum absolute atomic E-state index is 13.4. The summed E-state index contributed by atoms with van der Waals surface area (Å²) in [6.07, 6.45) is 0. The number of nitrogen functional groups attached to an aromatic ring is 1. The van der Waals surface area contributed by atoms with Crippen LogP contribution in [0.2, 0.25) is 0 Å². The molecule has 0 fully saturated rings. The molecule has 0 aliphatic heterocycles. The fraction of sp³-hybridized carbons (Fsp3) is 0. The second-order valence-electron chi connectivity index (χ2n) is 3.45. The number of nitrogens with one attached hydrogen (secondary N) is 1. The van der Waals surface area contributed by atoms with E-state index in [1.807, 2.05) is 0 Å². The largest absolute Gasteiger partial charge is 0.396 e. The van der Waals surface area contributed by atoms with Crippen molar-refractivity contribution in [3.63, 3.8) is 0 Å². The van der Waals surface area contributed by atoms with Gasteiger partial charge in [-0.25, -0.2) is 8.78 Å². The third kappa shape index (κ3) is 2.68. The number of carbonyl (C=O) groups excluding carboxylic acids is 1. The van der Waals surface area contributed by atoms with Crippen LogP contribution in [0, 0.1) is 11.6 Å². The van der Waals surface area contributed by atoms with Crippen LogP contribution in [-0.4, -0.2) is 5.91 Å². The second kappa shape index (κ2) is 5.03. The van der Waals surface area contributed by atoms with Crippen LogP contribution in [0.25, 0.3) is 0 Å². The van der Waals surface area contributed by atoms with Crippen LogP contribution in [0.15, 0.2) is 27.4 Å². The van der Waals surface area contributed by atoms with Gasteiger partial charge in [0.25, 0.3) is 5.91 Å². The molecule has 1 amide bonds. The third-order valence-corrected chi connectivity index (χ3v) is 3.67. The van der Waals surface area contributed by atoms with E-state index < -0.39 is 17.5 Å². The number of thiophene rings is 1. The highest BCUT2D eigenvalue weighted by Crippen LogP contribution is 2.24. The molecule has 0 unspecified atom stereocenters. The first-order valence-corrected chi connectivity index (χ1v) is 6.44. The molecule has 0 aliphatic carbocycles. The lowest BCUT2D eigenvalue weighted by Gasteiger charge is -2.06. The Morgan fingerprint density at radius 1 is 1.28 bits per heavy atom. The Bertz CT molecular complexity index is 615. The minimum absolute atomic E-state index is 0.152. The van der Waals surface area contributed by atoms with E-state index in [9.17, 15) is 13.6 Å². The average molecular weight is 333 g/mol. The molecule has 0 bridgehead atoms. The number of halogens is 3. The standard InChI is InChI=1S/C11H7BrF2N2OS/c12-10-1-5(4-18-10)11(17)16-9-3-8(15)6(13)2-7(9)14/h1-4H,15H2,(H,16,17). The monoisotopic (exact) mass is 332 g/mol. The number of amides is 1. The molecule has 18 heavy (non-hydrogen) atoms. The summed E-state index contributed by atoms with van der Waals surface area (Å²) in [5, 5.41) is 3.95. The highest BCUT2D eigenvalue weighted by molar-refractivity contribution is 9.11. The zero-order chi connectivity index (χ0) is 13.3. The van der Waals surface area contributed by atoms with Crippen LogP contribution in [0.3, 0.4) is 0 Å². The molecule has 2 aromatic rings. The van der Waals surface area contributed by atoms with Gasteiger partial charge >= 0.3 is 0 Å². The summed E-state index contributed by atoms with van der Waals surface area (Å²) >= 11 is 4.55. The number of anilines is 2. The maximum Gasteiger partial charge on any atom is 0.256 e. The van der Waals surface area contributed by atoms with Gasteiger partial charge in [0.1, 0.15) is 11.6 Å². The zero-order valence-electron chi connectivity index (χ0n) is 8.84. The van der Waals surface area contributed by atoms with Gasteiger partial charge in [0.2, 0.25) is 0 Å². The van der Waals surface area contributed by atoms with Gasteiger partial charge in [-0.1, -0.05) is 0 Å². The van der Waals surface area contributed by atoms with Gasteiger partial charge in [-0.2, -0.15) is 0 Å². The first-order valence-electron chi connectivity index (χ1n) is 4.77. The molecule has 0 saturated heterocycles. The molecule has 3 N–H and O–H groups in total. The molecular formula is C11H7BrF2N2OS. The van der Waals surface area contributed by atoms with E-state index in [-0.39, 0.29) is 11.4 Å². The van der Waals surface area contributed by atoms with E-state index in [0.717, 1.165) is 9.85 Å². The van der Waals surface area contributed by atoms with Crippen LogP contribution >= 0.6 is 27.3 Å². The number of benzene rings is 1. The normalized spacial score (nSPS) is 10.4. The van der Waals surface area contributed by atoms with E-state index in [2.05, 4.69) is 21.2 Å². The fourth-order valence-corrected chi connectivity index (χ4v) is 2.42. The van der Waals surface area contributed by atoms with Gasteiger partial charge in [-0.3, -0.25) is 4.79 Å². The molecule has 3 nitrogen and oxygen atoms in total. The third-order valence-electron chi connectivity index (χ3n) is 2.16. The Labute approximate surface area is 114 Å². The minimum atomic E-state index is -0.871. The number of nitrogens with two attached hydrogens (primary N) is 1. The molecule has 0 atom stereocenters. The summed E-state index contributed by atoms with van der Waals surface area (Å²) in [6, 6.07) is 3.28. The summed E-state index contributed by atoms with van der Waals surface area (Å²) in [6.45, 7) is 0. The minimum Gasteiger partial charge on any atom is -0.396 e. The first-order chi connectivity index (χ1) is 8.47. The van der Waals surface area contributed by atoms with E-state index in [1.165, 1.54) is 11.3 Å². The number of rotatable bonds is 2. The molecule has 94 valence electrons. The quantitative estimate of drug-likeness (QED) is 0.825. The van der Waals surface area contributed by atoms with Crippen molar-refractivity contribution in [2.24, 2.45) is 0 Å². The lowest BCUT2D eigenvalue weighted by atomic mass is 10.2. The number of hydrogen-bond donors (Lipinski definition) is 2. The van der Waals surface area contributed by atoms with Crippen LogP contribution in [0.1, 0.15) is 10.4 Å². The van der Waals surface area contributed by atoms with Crippen LogP contribution in [-0.2, 0) is 0 Å². The summed E-state index contributed by atoms with van der Waals surface area (Å²) in [5.41, 5.74) is 5.32. The van der Waals surface area contributed by atoms with Crippen molar-refractivity contribution in [3.05, 3.63) is 44.6 Å². The lowest BCUT2D eigenvalue weighted by Crippen LogP contribution is -2.12. The fourth-order valence-electron chi connectivity index (χ4n) is 1.29. The molecule has 1 aromatic carbocycles. The maximum atomic E-state index is 13.4. The molecule has 1 aromatic heterocycles. The highest BCUT2D eigenvalue weighted by Gasteiger charge is 2.13. The zero-order valence-corrected chi connectivity index (χ0v) is 11.2. The molecule has 0 saturated carbocycles. The molecule has 1 heterocycles. The molecule has 0 spiro atoms. The Kier molecular flexibility index (Phi) is 3.63. The first kappa shape index (κ1) is 13.0. The smallest absolute Gasteiger partial charge is 0.256 e. The van der Waals surface area contributed by atoms with Gasteiger partial charge in [-0.15, -0.1) is 11.3 Å². The Morgan fingerprint density at radius 2 is 2.00 bits per heavy atom. The van der Waals surface area contributed by atoms with Crippen molar-refractivity contribution in [1.29, 1.82) is 0 Å². The van der Waals surface area contributed by atoms with Gasteiger partial charge in [0, 0.05) is 11.4 Å². The molecule has 0 aliphatic rings. The molecular weight excluding hydrogens is 326 g/mol. The van der Waals surface area contributed by atoms with Gasteiger partial charge < -0.3 is 11.1 Å². The second-order valence-corrected chi connectivity index (χ2v) is 5.74. The topological polar surface area (TPSA) is 55.1 Å². The molecule has 7 heteroatoms. The van der Waals surface area contributed by atoms with E-state index in [4.69, 9.17) is 5.73 Å². The van der Waals surface area contributed by atoms with Crippen LogP contribution < -0.4 is 11.1 Å². The van der Waals surface area contributed by atoms with Crippen LogP contribution in [0.5, 0.6) is 0 Å². The summed E-state index contributed by atoms with van der Waals surface area (Å²) in [5.74, 6) is -2.21. The van der Waals surface area contributed by atoms with Crippen molar-refractivity contribution in [3.8, 4) is 0 Å². The summed E-state index contributed by atoms with van der Waals surface area (Å²) < 4.78 is 27.1. The average Bonchev–Trinajstić information content (AvgIpc) is 2.73. The number of carbonyl (C=O) groups is 1. The molecule has 2 rings (SSSR count). The Balaban J connectivity index is 2.24. The van der Waals surface area contributed by atoms with Crippen molar-refractivity contribution in [1.82, 2.24) is 0 Å². The van der Waals surface area contributed by atoms with Crippen molar-refractivity contribution in [2.75, 3.05) is 11.1 Å². The van der Waals surface area contributed by atoms with Gasteiger partial charge in [0.05, 0.1) is 20.7 Å². The van der Waals surface area contributed by atoms with Crippen LogP contribution in [0.4, 0.5) is 20.2 Å². The predicted octanol–water partition coefficient (Wildman–Crippen LogP) is 3.62.